The van der Waals surface area contributed by atoms with E-state index in [0.717, 1.165) is 32.3 Å². The molecular formula is C15H30N4O. The number of hydrogen-bond acceptors (Lipinski definition) is 3. The van der Waals surface area contributed by atoms with Crippen LogP contribution >= 0.6 is 0 Å². The molecule has 0 bridgehead atoms. The van der Waals surface area contributed by atoms with Crippen LogP contribution in [0.15, 0.2) is 4.99 Å². The molecule has 0 radical (unpaired) electrons. The number of aliphatic imine (C=N–C) groups is 1. The Bertz CT molecular complexity index is 298. The van der Waals surface area contributed by atoms with Crippen LogP contribution in [0.3, 0.4) is 0 Å². The Morgan fingerprint density at radius 3 is 2.60 bits per heavy atom. The first-order chi connectivity index (χ1) is 9.79. The van der Waals surface area contributed by atoms with Crippen molar-refractivity contribution in [3.05, 3.63) is 0 Å². The minimum atomic E-state index is 0.542. The van der Waals surface area contributed by atoms with Crippen LogP contribution < -0.4 is 11.1 Å². The first kappa shape index (κ1) is 15.6. The fourth-order valence-electron chi connectivity index (χ4n) is 2.93. The Balaban J connectivity index is 1.64. The van der Waals surface area contributed by atoms with Crippen molar-refractivity contribution in [2.24, 2.45) is 10.7 Å². The predicted molar refractivity (Wildman–Crippen MR) is 83.0 cm³/mol. The van der Waals surface area contributed by atoms with Gasteiger partial charge in [0.05, 0.1) is 13.2 Å². The summed E-state index contributed by atoms with van der Waals surface area (Å²) in [5.74, 6) is 0.624. The number of rotatable bonds is 8. The summed E-state index contributed by atoms with van der Waals surface area (Å²) in [6.45, 7) is 3.58. The highest BCUT2D eigenvalue weighted by atomic mass is 16.5. The first-order valence-electron chi connectivity index (χ1n) is 8.09. The van der Waals surface area contributed by atoms with E-state index in [4.69, 9.17) is 10.5 Å². The van der Waals surface area contributed by atoms with Gasteiger partial charge >= 0.3 is 0 Å². The molecule has 116 valence electrons. The number of guanidine groups is 1. The molecule has 5 nitrogen and oxygen atoms in total. The molecule has 2 aliphatic carbocycles. The summed E-state index contributed by atoms with van der Waals surface area (Å²) in [6.07, 6.45) is 9.11. The van der Waals surface area contributed by atoms with E-state index in [0.29, 0.717) is 12.0 Å². The number of nitrogens with zero attached hydrogens (tertiary/aromatic N) is 2. The van der Waals surface area contributed by atoms with Gasteiger partial charge in [0.15, 0.2) is 5.96 Å². The van der Waals surface area contributed by atoms with Gasteiger partial charge in [-0.2, -0.15) is 0 Å². The number of methoxy groups -OCH3 is 1. The molecule has 2 aliphatic rings. The van der Waals surface area contributed by atoms with Gasteiger partial charge in [-0.15, -0.1) is 0 Å². The summed E-state index contributed by atoms with van der Waals surface area (Å²) in [6, 6.07) is 1.30. The Labute approximate surface area is 122 Å². The topological polar surface area (TPSA) is 62.9 Å². The SMILES string of the molecule is COCCN(CCN=C(N)NC1CCCCC1)C1CC1. The van der Waals surface area contributed by atoms with Gasteiger partial charge in [0.1, 0.15) is 0 Å². The fourth-order valence-corrected chi connectivity index (χ4v) is 2.93. The van der Waals surface area contributed by atoms with Gasteiger partial charge in [-0.25, -0.2) is 0 Å². The van der Waals surface area contributed by atoms with E-state index < -0.39 is 0 Å². The summed E-state index contributed by atoms with van der Waals surface area (Å²) in [4.78, 5) is 6.95. The summed E-state index contributed by atoms with van der Waals surface area (Å²) >= 11 is 0. The zero-order valence-corrected chi connectivity index (χ0v) is 12.8. The molecule has 20 heavy (non-hydrogen) atoms. The standard InChI is InChI=1S/C15H30N4O/c1-20-12-11-19(14-7-8-14)10-9-17-15(16)18-13-5-3-2-4-6-13/h13-14H,2-12H2,1H3,(H3,16,17,18). The van der Waals surface area contributed by atoms with Crippen molar-refractivity contribution in [3.8, 4) is 0 Å². The van der Waals surface area contributed by atoms with Crippen molar-refractivity contribution >= 4 is 5.96 Å². The van der Waals surface area contributed by atoms with Crippen molar-refractivity contribution in [1.29, 1.82) is 0 Å². The average Bonchev–Trinajstić information content (AvgIpc) is 3.28. The van der Waals surface area contributed by atoms with Gasteiger partial charge in [-0.05, 0) is 25.7 Å². The Morgan fingerprint density at radius 2 is 1.95 bits per heavy atom. The summed E-state index contributed by atoms with van der Waals surface area (Å²) in [7, 11) is 1.76. The molecule has 3 N–H and O–H groups in total. The van der Waals surface area contributed by atoms with E-state index in [2.05, 4.69) is 15.2 Å². The van der Waals surface area contributed by atoms with Gasteiger partial charge in [0.2, 0.25) is 0 Å². The lowest BCUT2D eigenvalue weighted by Gasteiger charge is -2.23. The molecule has 2 rings (SSSR count). The van der Waals surface area contributed by atoms with Gasteiger partial charge < -0.3 is 15.8 Å². The molecule has 2 saturated carbocycles. The molecule has 0 atom stereocenters. The van der Waals surface area contributed by atoms with E-state index in [-0.39, 0.29) is 0 Å². The third-order valence-electron chi connectivity index (χ3n) is 4.27. The Morgan fingerprint density at radius 1 is 1.20 bits per heavy atom. The third-order valence-corrected chi connectivity index (χ3v) is 4.27. The van der Waals surface area contributed by atoms with E-state index >= 15 is 0 Å². The van der Waals surface area contributed by atoms with Crippen molar-refractivity contribution < 1.29 is 4.74 Å². The van der Waals surface area contributed by atoms with Crippen molar-refractivity contribution in [1.82, 2.24) is 10.2 Å². The van der Waals surface area contributed by atoms with Crippen LogP contribution in [-0.4, -0.2) is 56.3 Å². The number of ether oxygens (including phenoxy) is 1. The molecule has 0 aromatic carbocycles. The third kappa shape index (κ3) is 5.67. The van der Waals surface area contributed by atoms with Crippen molar-refractivity contribution in [2.45, 2.75) is 57.0 Å². The number of nitrogens with two attached hydrogens (primary N) is 1. The molecule has 0 aromatic rings. The second kappa shape index (κ2) is 8.47. The van der Waals surface area contributed by atoms with Crippen LogP contribution in [0, 0.1) is 0 Å². The zero-order valence-electron chi connectivity index (χ0n) is 12.8. The zero-order chi connectivity index (χ0) is 14.2. The van der Waals surface area contributed by atoms with E-state index in [1.165, 1.54) is 44.9 Å². The minimum Gasteiger partial charge on any atom is -0.383 e. The maximum atomic E-state index is 5.98. The smallest absolute Gasteiger partial charge is 0.188 e. The molecular weight excluding hydrogens is 252 g/mol. The van der Waals surface area contributed by atoms with Crippen LogP contribution in [0.1, 0.15) is 44.9 Å². The molecule has 0 aliphatic heterocycles. The quantitative estimate of drug-likeness (QED) is 0.521. The lowest BCUT2D eigenvalue weighted by molar-refractivity contribution is 0.145. The lowest BCUT2D eigenvalue weighted by Crippen LogP contribution is -2.41. The molecule has 0 aromatic heterocycles. The van der Waals surface area contributed by atoms with Gasteiger partial charge in [-0.3, -0.25) is 9.89 Å². The van der Waals surface area contributed by atoms with Crippen LogP contribution in [0.4, 0.5) is 0 Å². The predicted octanol–water partition coefficient (Wildman–Crippen LogP) is 1.33. The van der Waals surface area contributed by atoms with Crippen molar-refractivity contribution in [2.75, 3.05) is 33.4 Å². The maximum Gasteiger partial charge on any atom is 0.188 e. The average molecular weight is 282 g/mol. The molecule has 0 heterocycles. The highest BCUT2D eigenvalue weighted by Gasteiger charge is 2.28. The first-order valence-corrected chi connectivity index (χ1v) is 8.09. The van der Waals surface area contributed by atoms with Gasteiger partial charge in [0.25, 0.3) is 0 Å². The minimum absolute atomic E-state index is 0.542. The summed E-state index contributed by atoms with van der Waals surface area (Å²) in [5.41, 5.74) is 5.98. The normalized spacial score (nSPS) is 21.4. The van der Waals surface area contributed by atoms with E-state index in [1.54, 1.807) is 7.11 Å². The van der Waals surface area contributed by atoms with Crippen molar-refractivity contribution in [3.63, 3.8) is 0 Å². The summed E-state index contributed by atoms with van der Waals surface area (Å²) < 4.78 is 5.16. The van der Waals surface area contributed by atoms with Crippen LogP contribution in [0.5, 0.6) is 0 Å². The highest BCUT2D eigenvalue weighted by Crippen LogP contribution is 2.26. The van der Waals surface area contributed by atoms with Crippen LogP contribution in [0.2, 0.25) is 0 Å². The molecule has 2 fully saturated rings. The number of nitrogens with one attached hydrogen (secondary N) is 1. The fraction of sp³-hybridized carbons (Fsp3) is 0.933. The Hall–Kier alpha value is -0.810. The van der Waals surface area contributed by atoms with E-state index in [9.17, 15) is 0 Å². The molecule has 0 amide bonds. The van der Waals surface area contributed by atoms with Crippen LogP contribution in [0.25, 0.3) is 0 Å². The Kier molecular flexibility index (Phi) is 6.60. The second-order valence-corrected chi connectivity index (χ2v) is 6.01. The van der Waals surface area contributed by atoms with Crippen LogP contribution in [-0.2, 0) is 4.74 Å². The molecule has 0 spiro atoms. The molecule has 5 heteroatoms. The highest BCUT2D eigenvalue weighted by molar-refractivity contribution is 5.78. The maximum absolute atomic E-state index is 5.98. The van der Waals surface area contributed by atoms with E-state index in [1.807, 2.05) is 0 Å². The van der Waals surface area contributed by atoms with Gasteiger partial charge in [0, 0.05) is 32.3 Å². The monoisotopic (exact) mass is 282 g/mol. The second-order valence-electron chi connectivity index (χ2n) is 6.01. The molecule has 0 unspecified atom stereocenters. The lowest BCUT2D eigenvalue weighted by atomic mass is 9.96. The largest absolute Gasteiger partial charge is 0.383 e. The molecule has 0 saturated heterocycles. The number of hydrogen-bond donors (Lipinski definition) is 2. The summed E-state index contributed by atoms with van der Waals surface area (Å²) in [5, 5.41) is 3.37. The van der Waals surface area contributed by atoms with Gasteiger partial charge in [-0.1, -0.05) is 19.3 Å².